The van der Waals surface area contributed by atoms with Crippen molar-refractivity contribution in [1.29, 1.82) is 0 Å². The molecule has 0 bridgehead atoms. The third-order valence-electron chi connectivity index (χ3n) is 3.06. The quantitative estimate of drug-likeness (QED) is 0.777. The molecule has 0 aliphatic heterocycles. The summed E-state index contributed by atoms with van der Waals surface area (Å²) in [6, 6.07) is 6.83. The summed E-state index contributed by atoms with van der Waals surface area (Å²) in [5.41, 5.74) is 0.906. The van der Waals surface area contributed by atoms with Gasteiger partial charge in [-0.15, -0.1) is 0 Å². The van der Waals surface area contributed by atoms with Gasteiger partial charge in [0.15, 0.2) is 0 Å². The SMILES string of the molecule is Oc1ccc(C(O)CCCC2CC2)cc1. The van der Waals surface area contributed by atoms with Crippen molar-refractivity contribution in [2.75, 3.05) is 0 Å². The van der Waals surface area contributed by atoms with Gasteiger partial charge in [-0.2, -0.15) is 0 Å². The molecule has 0 spiro atoms. The number of rotatable bonds is 5. The van der Waals surface area contributed by atoms with Crippen LogP contribution in [0.3, 0.4) is 0 Å². The molecule has 0 heterocycles. The summed E-state index contributed by atoms with van der Waals surface area (Å²) in [5, 5.41) is 19.0. The molecule has 2 rings (SSSR count). The summed E-state index contributed by atoms with van der Waals surface area (Å²) >= 11 is 0. The van der Waals surface area contributed by atoms with Crippen molar-refractivity contribution in [2.24, 2.45) is 5.92 Å². The minimum absolute atomic E-state index is 0.254. The molecular formula is C13H18O2. The molecule has 0 radical (unpaired) electrons. The van der Waals surface area contributed by atoms with Crippen LogP contribution in [-0.2, 0) is 0 Å². The van der Waals surface area contributed by atoms with Crippen LogP contribution in [0.1, 0.15) is 43.8 Å². The molecule has 1 atom stereocenters. The van der Waals surface area contributed by atoms with Crippen molar-refractivity contribution in [2.45, 2.75) is 38.2 Å². The fraction of sp³-hybridized carbons (Fsp3) is 0.538. The van der Waals surface area contributed by atoms with Gasteiger partial charge in [0.25, 0.3) is 0 Å². The third-order valence-corrected chi connectivity index (χ3v) is 3.06. The highest BCUT2D eigenvalue weighted by Crippen LogP contribution is 2.35. The number of hydrogen-bond donors (Lipinski definition) is 2. The van der Waals surface area contributed by atoms with Gasteiger partial charge in [-0.3, -0.25) is 0 Å². The Morgan fingerprint density at radius 2 is 1.87 bits per heavy atom. The minimum atomic E-state index is -0.371. The smallest absolute Gasteiger partial charge is 0.115 e. The Morgan fingerprint density at radius 3 is 2.47 bits per heavy atom. The predicted octanol–water partition coefficient (Wildman–Crippen LogP) is 3.01. The number of benzene rings is 1. The highest BCUT2D eigenvalue weighted by molar-refractivity contribution is 5.27. The molecule has 1 aromatic rings. The molecular weight excluding hydrogens is 188 g/mol. The number of hydrogen-bond acceptors (Lipinski definition) is 2. The molecule has 1 aromatic carbocycles. The molecule has 2 nitrogen and oxygen atoms in total. The van der Waals surface area contributed by atoms with Crippen LogP contribution in [0.15, 0.2) is 24.3 Å². The first-order chi connectivity index (χ1) is 7.25. The maximum Gasteiger partial charge on any atom is 0.115 e. The summed E-state index contributed by atoms with van der Waals surface area (Å²) in [4.78, 5) is 0. The van der Waals surface area contributed by atoms with Crippen LogP contribution in [0.25, 0.3) is 0 Å². The summed E-state index contributed by atoms with van der Waals surface area (Å²) in [6.45, 7) is 0. The van der Waals surface area contributed by atoms with E-state index in [0.717, 1.165) is 24.3 Å². The second kappa shape index (κ2) is 4.67. The molecule has 2 heteroatoms. The van der Waals surface area contributed by atoms with Gasteiger partial charge in [-0.1, -0.05) is 37.8 Å². The van der Waals surface area contributed by atoms with Crippen molar-refractivity contribution in [3.8, 4) is 5.75 Å². The number of aromatic hydroxyl groups is 1. The van der Waals surface area contributed by atoms with Crippen molar-refractivity contribution < 1.29 is 10.2 Å². The number of phenolic OH excluding ortho intramolecular Hbond substituents is 1. The molecule has 0 saturated heterocycles. The van der Waals surface area contributed by atoms with E-state index in [2.05, 4.69) is 0 Å². The van der Waals surface area contributed by atoms with E-state index in [9.17, 15) is 5.11 Å². The molecule has 1 fully saturated rings. The molecule has 82 valence electrons. The second-order valence-electron chi connectivity index (χ2n) is 4.48. The molecule has 2 N–H and O–H groups in total. The van der Waals surface area contributed by atoms with Gasteiger partial charge in [-0.05, 0) is 30.0 Å². The van der Waals surface area contributed by atoms with Crippen LogP contribution in [0, 0.1) is 5.92 Å². The van der Waals surface area contributed by atoms with E-state index in [0.29, 0.717) is 0 Å². The van der Waals surface area contributed by atoms with Gasteiger partial charge in [0.1, 0.15) is 5.75 Å². The topological polar surface area (TPSA) is 40.5 Å². The molecule has 1 saturated carbocycles. The van der Waals surface area contributed by atoms with Gasteiger partial charge in [-0.25, -0.2) is 0 Å². The monoisotopic (exact) mass is 206 g/mol. The van der Waals surface area contributed by atoms with Crippen LogP contribution in [0.5, 0.6) is 5.75 Å². The Morgan fingerprint density at radius 1 is 1.20 bits per heavy atom. The first-order valence-electron chi connectivity index (χ1n) is 5.72. The van der Waals surface area contributed by atoms with E-state index in [1.165, 1.54) is 19.3 Å². The standard InChI is InChI=1S/C13H18O2/c14-12-8-6-11(7-9-12)13(15)3-1-2-10-4-5-10/h6-10,13-15H,1-5H2. The summed E-state index contributed by atoms with van der Waals surface area (Å²) in [5.74, 6) is 1.20. The Labute approximate surface area is 90.6 Å². The van der Waals surface area contributed by atoms with Crippen LogP contribution in [0.2, 0.25) is 0 Å². The van der Waals surface area contributed by atoms with Gasteiger partial charge >= 0.3 is 0 Å². The van der Waals surface area contributed by atoms with Crippen LogP contribution < -0.4 is 0 Å². The van der Waals surface area contributed by atoms with Crippen molar-refractivity contribution in [3.05, 3.63) is 29.8 Å². The molecule has 1 aliphatic carbocycles. The lowest BCUT2D eigenvalue weighted by molar-refractivity contribution is 0.163. The molecule has 1 unspecified atom stereocenters. The fourth-order valence-corrected chi connectivity index (χ4v) is 1.87. The summed E-state index contributed by atoms with van der Waals surface area (Å²) in [6.07, 6.45) is 5.60. The Balaban J connectivity index is 1.78. The first-order valence-corrected chi connectivity index (χ1v) is 5.72. The number of phenols is 1. The Hall–Kier alpha value is -1.02. The van der Waals surface area contributed by atoms with E-state index in [4.69, 9.17) is 5.11 Å². The first kappa shape index (κ1) is 10.5. The van der Waals surface area contributed by atoms with E-state index >= 15 is 0 Å². The summed E-state index contributed by atoms with van der Waals surface area (Å²) < 4.78 is 0. The average Bonchev–Trinajstić information content (AvgIpc) is 3.02. The van der Waals surface area contributed by atoms with Crippen LogP contribution in [-0.4, -0.2) is 10.2 Å². The third kappa shape index (κ3) is 3.24. The highest BCUT2D eigenvalue weighted by Gasteiger charge is 2.20. The van der Waals surface area contributed by atoms with Gasteiger partial charge in [0.2, 0.25) is 0 Å². The maximum absolute atomic E-state index is 9.86. The van der Waals surface area contributed by atoms with Crippen molar-refractivity contribution in [1.82, 2.24) is 0 Å². The molecule has 0 amide bonds. The largest absolute Gasteiger partial charge is 0.508 e. The maximum atomic E-state index is 9.86. The van der Waals surface area contributed by atoms with Gasteiger partial charge in [0, 0.05) is 0 Å². The van der Waals surface area contributed by atoms with E-state index in [1.807, 2.05) is 0 Å². The van der Waals surface area contributed by atoms with Gasteiger partial charge < -0.3 is 10.2 Å². The van der Waals surface area contributed by atoms with E-state index in [1.54, 1.807) is 24.3 Å². The lowest BCUT2D eigenvalue weighted by Crippen LogP contribution is -1.97. The van der Waals surface area contributed by atoms with E-state index < -0.39 is 0 Å². The normalized spacial score (nSPS) is 17.7. The predicted molar refractivity (Wildman–Crippen MR) is 59.6 cm³/mol. The zero-order valence-electron chi connectivity index (χ0n) is 8.89. The van der Waals surface area contributed by atoms with Crippen molar-refractivity contribution >= 4 is 0 Å². The molecule has 15 heavy (non-hydrogen) atoms. The Kier molecular flexibility index (Phi) is 3.27. The lowest BCUT2D eigenvalue weighted by Gasteiger charge is -2.10. The molecule has 0 aromatic heterocycles. The number of aliphatic hydroxyl groups excluding tert-OH is 1. The lowest BCUT2D eigenvalue weighted by atomic mass is 10.0. The Bertz CT molecular complexity index is 301. The van der Waals surface area contributed by atoms with Gasteiger partial charge in [0.05, 0.1) is 6.10 Å². The van der Waals surface area contributed by atoms with E-state index in [-0.39, 0.29) is 11.9 Å². The zero-order valence-corrected chi connectivity index (χ0v) is 8.89. The van der Waals surface area contributed by atoms with Crippen molar-refractivity contribution in [3.63, 3.8) is 0 Å². The second-order valence-corrected chi connectivity index (χ2v) is 4.48. The summed E-state index contributed by atoms with van der Waals surface area (Å²) in [7, 11) is 0. The average molecular weight is 206 g/mol. The van der Waals surface area contributed by atoms with Crippen LogP contribution in [0.4, 0.5) is 0 Å². The number of aliphatic hydroxyl groups is 1. The fourth-order valence-electron chi connectivity index (χ4n) is 1.87. The highest BCUT2D eigenvalue weighted by atomic mass is 16.3. The minimum Gasteiger partial charge on any atom is -0.508 e. The molecule has 1 aliphatic rings. The zero-order chi connectivity index (χ0) is 10.7. The van der Waals surface area contributed by atoms with Crippen LogP contribution >= 0.6 is 0 Å².